The zero-order valence-corrected chi connectivity index (χ0v) is 11.8. The van der Waals surface area contributed by atoms with Crippen LogP contribution in [0.2, 0.25) is 0 Å². The molecular weight excluding hydrogens is 252 g/mol. The molecule has 0 aliphatic rings. The molecule has 1 aromatic heterocycles. The van der Waals surface area contributed by atoms with Gasteiger partial charge in [-0.05, 0) is 47.9 Å². The van der Waals surface area contributed by atoms with Crippen molar-refractivity contribution >= 4 is 27.2 Å². The molecule has 94 valence electrons. The molecule has 0 N–H and O–H groups in total. The minimum absolute atomic E-state index is 0.120. The first-order valence-electron chi connectivity index (χ1n) is 6.25. The predicted octanol–water partition coefficient (Wildman–Crippen LogP) is 4.75. The van der Waals surface area contributed by atoms with E-state index in [0.717, 1.165) is 32.3 Å². The van der Waals surface area contributed by atoms with E-state index in [1.54, 1.807) is 11.3 Å². The number of carbonyl (C=O) groups is 1. The fraction of sp³-hybridized carbons (Fsp3) is 0.118. The molecule has 19 heavy (non-hydrogen) atoms. The molecule has 0 aliphatic heterocycles. The summed E-state index contributed by atoms with van der Waals surface area (Å²) in [5.41, 5.74) is 3.84. The first-order valence-corrected chi connectivity index (χ1v) is 7.13. The van der Waals surface area contributed by atoms with Crippen LogP contribution in [-0.4, -0.2) is 5.78 Å². The molecule has 0 aliphatic carbocycles. The van der Waals surface area contributed by atoms with Gasteiger partial charge in [-0.2, -0.15) is 0 Å². The highest BCUT2D eigenvalue weighted by molar-refractivity contribution is 7.17. The van der Waals surface area contributed by atoms with Crippen LogP contribution in [0.5, 0.6) is 0 Å². The molecule has 0 atom stereocenters. The summed E-state index contributed by atoms with van der Waals surface area (Å²) in [6.07, 6.45) is 0. The highest BCUT2D eigenvalue weighted by atomic mass is 32.1. The van der Waals surface area contributed by atoms with Gasteiger partial charge < -0.3 is 0 Å². The van der Waals surface area contributed by atoms with Crippen LogP contribution in [0.3, 0.4) is 0 Å². The zero-order chi connectivity index (χ0) is 13.4. The lowest BCUT2D eigenvalue weighted by Crippen LogP contribution is -2.04. The van der Waals surface area contributed by atoms with Crippen molar-refractivity contribution in [2.24, 2.45) is 0 Å². The number of rotatable bonds is 2. The van der Waals surface area contributed by atoms with Gasteiger partial charge in [-0.25, -0.2) is 0 Å². The van der Waals surface area contributed by atoms with Crippen LogP contribution in [0.4, 0.5) is 0 Å². The highest BCUT2D eigenvalue weighted by Gasteiger charge is 2.15. The smallest absolute Gasteiger partial charge is 0.194 e. The Hall–Kier alpha value is -1.93. The van der Waals surface area contributed by atoms with E-state index in [1.165, 1.54) is 0 Å². The topological polar surface area (TPSA) is 17.1 Å². The number of ketones is 1. The molecule has 0 unspecified atom stereocenters. The lowest BCUT2D eigenvalue weighted by Gasteiger charge is -2.08. The Kier molecular flexibility index (Phi) is 2.96. The second-order valence-corrected chi connectivity index (χ2v) is 5.64. The van der Waals surface area contributed by atoms with Gasteiger partial charge in [0.05, 0.1) is 0 Å². The van der Waals surface area contributed by atoms with E-state index in [1.807, 2.05) is 55.6 Å². The third kappa shape index (κ3) is 1.98. The van der Waals surface area contributed by atoms with E-state index < -0.39 is 0 Å². The molecule has 3 aromatic rings. The van der Waals surface area contributed by atoms with Crippen molar-refractivity contribution in [2.75, 3.05) is 0 Å². The summed E-state index contributed by atoms with van der Waals surface area (Å²) in [7, 11) is 0. The second kappa shape index (κ2) is 4.63. The van der Waals surface area contributed by atoms with Gasteiger partial charge in [0.1, 0.15) is 0 Å². The van der Waals surface area contributed by atoms with Crippen LogP contribution in [0, 0.1) is 13.8 Å². The molecule has 1 heterocycles. The average molecular weight is 266 g/mol. The Morgan fingerprint density at radius 2 is 1.68 bits per heavy atom. The summed E-state index contributed by atoms with van der Waals surface area (Å²) in [4.78, 5) is 12.7. The minimum Gasteiger partial charge on any atom is -0.289 e. The fourth-order valence-corrected chi connectivity index (χ4v) is 3.22. The number of hydrogen-bond acceptors (Lipinski definition) is 2. The van der Waals surface area contributed by atoms with E-state index in [-0.39, 0.29) is 5.78 Å². The van der Waals surface area contributed by atoms with E-state index in [0.29, 0.717) is 0 Å². The second-order valence-electron chi connectivity index (χ2n) is 4.72. The number of aryl methyl sites for hydroxylation is 1. The molecule has 0 bridgehead atoms. The maximum atomic E-state index is 12.7. The van der Waals surface area contributed by atoms with Gasteiger partial charge in [0.15, 0.2) is 5.78 Å². The van der Waals surface area contributed by atoms with Crippen LogP contribution >= 0.6 is 11.3 Å². The van der Waals surface area contributed by atoms with Gasteiger partial charge in [0, 0.05) is 15.8 Å². The van der Waals surface area contributed by atoms with E-state index in [9.17, 15) is 4.79 Å². The maximum Gasteiger partial charge on any atom is 0.194 e. The largest absolute Gasteiger partial charge is 0.289 e. The van der Waals surface area contributed by atoms with Gasteiger partial charge in [-0.3, -0.25) is 4.79 Å². The average Bonchev–Trinajstić information content (AvgIpc) is 2.89. The molecule has 0 saturated heterocycles. The predicted molar refractivity (Wildman–Crippen MR) is 81.2 cm³/mol. The third-order valence-electron chi connectivity index (χ3n) is 3.57. The molecule has 0 fully saturated rings. The highest BCUT2D eigenvalue weighted by Crippen LogP contribution is 2.27. The van der Waals surface area contributed by atoms with E-state index in [2.05, 4.69) is 6.07 Å². The summed E-state index contributed by atoms with van der Waals surface area (Å²) in [6.45, 7) is 4.05. The summed E-state index contributed by atoms with van der Waals surface area (Å²) in [5.74, 6) is 0.120. The Bertz CT molecular complexity index is 768. The SMILES string of the molecule is Cc1cccc(C(=O)c2cccc3ccsc23)c1C. The lowest BCUT2D eigenvalue weighted by atomic mass is 9.96. The fourth-order valence-electron chi connectivity index (χ4n) is 2.31. The first kappa shape index (κ1) is 12.1. The van der Waals surface area contributed by atoms with Gasteiger partial charge in [-0.15, -0.1) is 11.3 Å². The zero-order valence-electron chi connectivity index (χ0n) is 10.9. The molecule has 0 spiro atoms. The van der Waals surface area contributed by atoms with Crippen molar-refractivity contribution in [1.82, 2.24) is 0 Å². The number of thiophene rings is 1. The van der Waals surface area contributed by atoms with Gasteiger partial charge >= 0.3 is 0 Å². The summed E-state index contributed by atoms with van der Waals surface area (Å²) in [5, 5.41) is 3.17. The minimum atomic E-state index is 0.120. The van der Waals surface area contributed by atoms with Gasteiger partial charge in [0.25, 0.3) is 0 Å². The monoisotopic (exact) mass is 266 g/mol. The third-order valence-corrected chi connectivity index (χ3v) is 4.54. The Labute approximate surface area is 116 Å². The number of hydrogen-bond donors (Lipinski definition) is 0. The Morgan fingerprint density at radius 1 is 0.947 bits per heavy atom. The van der Waals surface area contributed by atoms with Crippen molar-refractivity contribution < 1.29 is 4.79 Å². The van der Waals surface area contributed by atoms with Crippen LogP contribution in [0.15, 0.2) is 47.8 Å². The number of benzene rings is 2. The van der Waals surface area contributed by atoms with Crippen LogP contribution in [0.1, 0.15) is 27.0 Å². The molecular formula is C17H14OS. The van der Waals surface area contributed by atoms with Gasteiger partial charge in [0.2, 0.25) is 0 Å². The van der Waals surface area contributed by atoms with Crippen molar-refractivity contribution in [1.29, 1.82) is 0 Å². The van der Waals surface area contributed by atoms with E-state index in [4.69, 9.17) is 0 Å². The van der Waals surface area contributed by atoms with Crippen LogP contribution < -0.4 is 0 Å². The van der Waals surface area contributed by atoms with Crippen LogP contribution in [0.25, 0.3) is 10.1 Å². The molecule has 2 heteroatoms. The quantitative estimate of drug-likeness (QED) is 0.612. The Morgan fingerprint density at radius 3 is 2.53 bits per heavy atom. The van der Waals surface area contributed by atoms with Crippen molar-refractivity contribution in [3.8, 4) is 0 Å². The molecule has 1 nitrogen and oxygen atoms in total. The summed E-state index contributed by atoms with van der Waals surface area (Å²) < 4.78 is 1.08. The molecule has 0 amide bonds. The molecule has 2 aromatic carbocycles. The van der Waals surface area contributed by atoms with Crippen molar-refractivity contribution in [3.05, 3.63) is 70.1 Å². The normalized spacial score (nSPS) is 10.8. The summed E-state index contributed by atoms with van der Waals surface area (Å²) in [6, 6.07) is 13.9. The standard InChI is InChI=1S/C17H14OS/c1-11-5-3-7-14(12(11)2)16(18)15-8-4-6-13-9-10-19-17(13)15/h3-10H,1-2H3. The van der Waals surface area contributed by atoms with Crippen LogP contribution in [-0.2, 0) is 0 Å². The van der Waals surface area contributed by atoms with Crippen molar-refractivity contribution in [3.63, 3.8) is 0 Å². The molecule has 0 radical (unpaired) electrons. The number of carbonyl (C=O) groups excluding carboxylic acids is 1. The van der Waals surface area contributed by atoms with E-state index >= 15 is 0 Å². The van der Waals surface area contributed by atoms with Gasteiger partial charge in [-0.1, -0.05) is 30.3 Å². The maximum absolute atomic E-state index is 12.7. The molecule has 0 saturated carbocycles. The number of fused-ring (bicyclic) bond motifs is 1. The first-order chi connectivity index (χ1) is 9.18. The van der Waals surface area contributed by atoms with Crippen molar-refractivity contribution in [2.45, 2.75) is 13.8 Å². The lowest BCUT2D eigenvalue weighted by molar-refractivity contribution is 0.104. The molecule has 3 rings (SSSR count). The Balaban J connectivity index is 2.19. The summed E-state index contributed by atoms with van der Waals surface area (Å²) >= 11 is 1.63.